The largest absolute Gasteiger partial charge is 0.497 e. The number of hydrogen-bond acceptors (Lipinski definition) is 4. The van der Waals surface area contributed by atoms with Gasteiger partial charge in [-0.1, -0.05) is 56.5 Å². The molecule has 3 aliphatic rings. The van der Waals surface area contributed by atoms with Crippen molar-refractivity contribution in [2.45, 2.75) is 57.0 Å². The molecule has 2 aliphatic heterocycles. The van der Waals surface area contributed by atoms with Crippen LogP contribution >= 0.6 is 0 Å². The van der Waals surface area contributed by atoms with Crippen LogP contribution in [0.3, 0.4) is 0 Å². The minimum absolute atomic E-state index is 0.0631. The topological polar surface area (TPSA) is 53.1 Å². The van der Waals surface area contributed by atoms with E-state index in [1.807, 2.05) is 53.4 Å². The molecule has 1 saturated carbocycles. The van der Waals surface area contributed by atoms with Gasteiger partial charge in [0, 0.05) is 37.8 Å². The molecule has 1 saturated heterocycles. The molecule has 6 nitrogen and oxygen atoms in total. The van der Waals surface area contributed by atoms with Crippen molar-refractivity contribution in [3.8, 4) is 5.75 Å². The number of methoxy groups -OCH3 is 1. The second kappa shape index (κ2) is 10.4. The van der Waals surface area contributed by atoms with E-state index in [0.717, 1.165) is 75.3 Å². The third-order valence-corrected chi connectivity index (χ3v) is 8.20. The van der Waals surface area contributed by atoms with Crippen LogP contribution in [0, 0.1) is 0 Å². The Hall–Kier alpha value is -2.86. The number of hydrogen-bond donors (Lipinski definition) is 0. The summed E-state index contributed by atoms with van der Waals surface area (Å²) in [5.41, 5.74) is 2.56. The number of benzene rings is 2. The van der Waals surface area contributed by atoms with Gasteiger partial charge in [-0.25, -0.2) is 0 Å². The Morgan fingerprint density at radius 3 is 2.29 bits per heavy atom. The van der Waals surface area contributed by atoms with Gasteiger partial charge in [0.1, 0.15) is 5.75 Å². The van der Waals surface area contributed by atoms with E-state index in [4.69, 9.17) is 4.74 Å². The molecule has 2 amide bonds. The quantitative estimate of drug-likeness (QED) is 0.640. The van der Waals surface area contributed by atoms with Crippen molar-refractivity contribution in [1.29, 1.82) is 0 Å². The van der Waals surface area contributed by atoms with Gasteiger partial charge in [-0.05, 0) is 48.7 Å². The lowest BCUT2D eigenvalue weighted by atomic mass is 9.77. The van der Waals surface area contributed by atoms with Crippen molar-refractivity contribution >= 4 is 11.8 Å². The fourth-order valence-corrected chi connectivity index (χ4v) is 6.21. The average Bonchev–Trinajstić information content (AvgIpc) is 2.93. The third-order valence-electron chi connectivity index (χ3n) is 8.20. The van der Waals surface area contributed by atoms with E-state index >= 15 is 0 Å². The number of likely N-dealkylation sites (N-methyl/N-ethyl adjacent to an activating group) is 1. The van der Waals surface area contributed by atoms with Crippen LogP contribution in [0.4, 0.5) is 0 Å². The highest BCUT2D eigenvalue weighted by atomic mass is 16.5. The highest BCUT2D eigenvalue weighted by Crippen LogP contribution is 2.46. The second-order valence-corrected chi connectivity index (χ2v) is 10.0. The molecule has 0 N–H and O–H groups in total. The molecule has 186 valence electrons. The molecule has 6 heteroatoms. The average molecular weight is 476 g/mol. The second-order valence-electron chi connectivity index (χ2n) is 10.0. The summed E-state index contributed by atoms with van der Waals surface area (Å²) in [6, 6.07) is 15.6. The van der Waals surface area contributed by atoms with Crippen LogP contribution < -0.4 is 4.74 Å². The number of carbonyl (C=O) groups is 2. The Morgan fingerprint density at radius 2 is 1.63 bits per heavy atom. The van der Waals surface area contributed by atoms with Crippen molar-refractivity contribution in [2.24, 2.45) is 0 Å². The summed E-state index contributed by atoms with van der Waals surface area (Å²) < 4.78 is 5.41. The molecular weight excluding hydrogens is 438 g/mol. The monoisotopic (exact) mass is 475 g/mol. The van der Waals surface area contributed by atoms with Gasteiger partial charge in [0.25, 0.3) is 5.91 Å². The van der Waals surface area contributed by atoms with Crippen molar-refractivity contribution < 1.29 is 14.3 Å². The zero-order valence-electron chi connectivity index (χ0n) is 21.0. The van der Waals surface area contributed by atoms with Gasteiger partial charge in [-0.15, -0.1) is 0 Å². The van der Waals surface area contributed by atoms with Crippen LogP contribution in [-0.2, 0) is 4.79 Å². The van der Waals surface area contributed by atoms with Crippen molar-refractivity contribution in [3.05, 3.63) is 65.2 Å². The molecular formula is C29H37N3O3. The van der Waals surface area contributed by atoms with Crippen LogP contribution in [0.1, 0.15) is 72.5 Å². The van der Waals surface area contributed by atoms with Gasteiger partial charge >= 0.3 is 0 Å². The number of nitrogens with zero attached hydrogens (tertiary/aromatic N) is 3. The molecule has 35 heavy (non-hydrogen) atoms. The first-order chi connectivity index (χ1) is 17.1. The van der Waals surface area contributed by atoms with E-state index in [0.29, 0.717) is 5.56 Å². The molecule has 0 radical (unpaired) electrons. The maximum absolute atomic E-state index is 14.3. The Kier molecular flexibility index (Phi) is 7.09. The number of amides is 2. The van der Waals surface area contributed by atoms with Gasteiger partial charge < -0.3 is 19.4 Å². The lowest BCUT2D eigenvalue weighted by molar-refractivity contribution is -0.136. The van der Waals surface area contributed by atoms with Crippen molar-refractivity contribution in [3.63, 3.8) is 0 Å². The molecule has 2 aromatic carbocycles. The smallest absolute Gasteiger partial charge is 0.254 e. The van der Waals surface area contributed by atoms with Gasteiger partial charge in [0.05, 0.1) is 19.1 Å². The van der Waals surface area contributed by atoms with Crippen LogP contribution in [0.5, 0.6) is 5.75 Å². The number of fused-ring (bicyclic) bond motifs is 1. The lowest BCUT2D eigenvalue weighted by Crippen LogP contribution is -2.55. The lowest BCUT2D eigenvalue weighted by Gasteiger charge is -2.48. The molecule has 0 spiro atoms. The Morgan fingerprint density at radius 1 is 0.943 bits per heavy atom. The fraction of sp³-hybridized carbons (Fsp3) is 0.517. The summed E-state index contributed by atoms with van der Waals surface area (Å²) in [5.74, 6) is 0.571. The summed E-state index contributed by atoms with van der Waals surface area (Å²) in [4.78, 5) is 34.8. The number of piperazine rings is 1. The van der Waals surface area contributed by atoms with E-state index in [9.17, 15) is 9.59 Å². The van der Waals surface area contributed by atoms with Gasteiger partial charge in [-0.3, -0.25) is 9.59 Å². The standard InChI is InChI=1S/C29H37N3O3/c1-3-30-17-19-31(20-18-30)29(34)26-24-11-7-8-12-25(24)28(33)32(22-9-5-4-6-10-22)27(26)21-13-15-23(35-2)16-14-21/h7-8,11-16,22,26-27H,3-6,9-10,17-20H2,1-2H3/t26-,27-/m0/s1. The number of carbonyl (C=O) groups excluding carboxylic acids is 2. The first-order valence-corrected chi connectivity index (χ1v) is 13.2. The zero-order valence-corrected chi connectivity index (χ0v) is 21.0. The third kappa shape index (κ3) is 4.56. The van der Waals surface area contributed by atoms with Crippen molar-refractivity contribution in [2.75, 3.05) is 39.8 Å². The van der Waals surface area contributed by atoms with E-state index in [1.54, 1.807) is 7.11 Å². The zero-order chi connectivity index (χ0) is 24.4. The first-order valence-electron chi connectivity index (χ1n) is 13.2. The first kappa shape index (κ1) is 23.9. The highest BCUT2D eigenvalue weighted by Gasteiger charge is 2.47. The summed E-state index contributed by atoms with van der Waals surface area (Å²) in [6.45, 7) is 6.44. The summed E-state index contributed by atoms with van der Waals surface area (Å²) in [6.07, 6.45) is 5.46. The maximum atomic E-state index is 14.3. The molecule has 2 heterocycles. The van der Waals surface area contributed by atoms with E-state index in [2.05, 4.69) is 16.7 Å². The molecule has 2 atom stereocenters. The van der Waals surface area contributed by atoms with Gasteiger partial charge in [0.2, 0.25) is 5.91 Å². The van der Waals surface area contributed by atoms with Gasteiger partial charge in [-0.2, -0.15) is 0 Å². The maximum Gasteiger partial charge on any atom is 0.254 e. The van der Waals surface area contributed by atoms with E-state index in [1.165, 1.54) is 6.42 Å². The molecule has 1 aliphatic carbocycles. The summed E-state index contributed by atoms with van der Waals surface area (Å²) in [5, 5.41) is 0. The van der Waals surface area contributed by atoms with Crippen LogP contribution in [0.2, 0.25) is 0 Å². The molecule has 2 fully saturated rings. The Balaban J connectivity index is 1.60. The van der Waals surface area contributed by atoms with E-state index < -0.39 is 5.92 Å². The molecule has 0 aromatic heterocycles. The number of rotatable bonds is 5. The molecule has 0 bridgehead atoms. The highest BCUT2D eigenvalue weighted by molar-refractivity contribution is 6.01. The van der Waals surface area contributed by atoms with Crippen molar-refractivity contribution in [1.82, 2.24) is 14.7 Å². The minimum atomic E-state index is -0.410. The predicted octanol–water partition coefficient (Wildman–Crippen LogP) is 4.47. The molecule has 5 rings (SSSR count). The molecule has 0 unspecified atom stereocenters. The van der Waals surface area contributed by atoms with Crippen LogP contribution in [0.25, 0.3) is 0 Å². The predicted molar refractivity (Wildman–Crippen MR) is 137 cm³/mol. The van der Waals surface area contributed by atoms with Crippen LogP contribution in [-0.4, -0.2) is 72.4 Å². The van der Waals surface area contributed by atoms with E-state index in [-0.39, 0.29) is 23.9 Å². The molecule has 2 aromatic rings. The minimum Gasteiger partial charge on any atom is -0.497 e. The Labute approximate surface area is 208 Å². The fourth-order valence-electron chi connectivity index (χ4n) is 6.21. The summed E-state index contributed by atoms with van der Waals surface area (Å²) in [7, 11) is 1.66. The SMILES string of the molecule is CCN1CCN(C(=O)[C@H]2c3ccccc3C(=O)N(C3CCCCC3)[C@H]2c2ccc(OC)cc2)CC1. The number of ether oxygens (including phenoxy) is 1. The normalized spacial score (nSPS) is 23.8. The summed E-state index contributed by atoms with van der Waals surface area (Å²) >= 11 is 0. The van der Waals surface area contributed by atoms with Gasteiger partial charge in [0.15, 0.2) is 0 Å². The Bertz CT molecular complexity index is 1040. The van der Waals surface area contributed by atoms with Crippen LogP contribution in [0.15, 0.2) is 48.5 Å².